The molecule has 5 heteroatoms. The number of Topliss-reactive ketones (excluding diaryl/α,β-unsaturated/α-hetero) is 1. The van der Waals surface area contributed by atoms with Crippen LogP contribution in [0.15, 0.2) is 58.3 Å². The third-order valence-electron chi connectivity index (χ3n) is 2.52. The van der Waals surface area contributed by atoms with Gasteiger partial charge in [0.05, 0.1) is 4.92 Å². The van der Waals surface area contributed by atoms with Crippen LogP contribution in [0.4, 0.5) is 5.69 Å². The number of carbonyl (C=O) groups is 1. The number of nitro benzene ring substituents is 1. The standard InChI is InChI=1S/C14H11NO3S/c1-10(16)13-9-11(15(17)18)7-8-14(13)19-12-5-3-2-4-6-12/h2-9H,1H3. The number of benzene rings is 2. The first kappa shape index (κ1) is 13.3. The highest BCUT2D eigenvalue weighted by molar-refractivity contribution is 7.99. The molecule has 0 saturated carbocycles. The predicted octanol–water partition coefficient (Wildman–Crippen LogP) is 3.95. The van der Waals surface area contributed by atoms with Crippen LogP contribution in [0.25, 0.3) is 0 Å². The monoisotopic (exact) mass is 273 g/mol. The van der Waals surface area contributed by atoms with Gasteiger partial charge in [0, 0.05) is 27.5 Å². The van der Waals surface area contributed by atoms with Gasteiger partial charge in [-0.25, -0.2) is 0 Å². The van der Waals surface area contributed by atoms with Crippen molar-refractivity contribution in [2.45, 2.75) is 16.7 Å². The van der Waals surface area contributed by atoms with E-state index in [1.165, 1.54) is 30.8 Å². The topological polar surface area (TPSA) is 60.2 Å². The van der Waals surface area contributed by atoms with Crippen LogP contribution in [0.3, 0.4) is 0 Å². The summed E-state index contributed by atoms with van der Waals surface area (Å²) in [7, 11) is 0. The van der Waals surface area contributed by atoms with E-state index in [1.54, 1.807) is 6.07 Å². The molecule has 0 radical (unpaired) electrons. The lowest BCUT2D eigenvalue weighted by atomic mass is 10.1. The molecule has 2 rings (SSSR count). The minimum Gasteiger partial charge on any atom is -0.294 e. The number of nitro groups is 1. The predicted molar refractivity (Wildman–Crippen MR) is 73.7 cm³/mol. The third kappa shape index (κ3) is 3.20. The Hall–Kier alpha value is -2.14. The molecular formula is C14H11NO3S. The molecule has 0 aliphatic rings. The Morgan fingerprint density at radius 1 is 1.16 bits per heavy atom. The van der Waals surface area contributed by atoms with E-state index in [0.29, 0.717) is 5.56 Å². The molecule has 96 valence electrons. The van der Waals surface area contributed by atoms with Gasteiger partial charge in [0.1, 0.15) is 0 Å². The summed E-state index contributed by atoms with van der Waals surface area (Å²) in [5.74, 6) is -0.179. The fourth-order valence-electron chi connectivity index (χ4n) is 1.61. The largest absolute Gasteiger partial charge is 0.294 e. The second-order valence-corrected chi connectivity index (χ2v) is 5.02. The molecule has 0 fully saturated rings. The van der Waals surface area contributed by atoms with E-state index in [9.17, 15) is 14.9 Å². The van der Waals surface area contributed by atoms with E-state index >= 15 is 0 Å². The molecule has 0 unspecified atom stereocenters. The first-order valence-electron chi connectivity index (χ1n) is 5.60. The molecule has 2 aromatic carbocycles. The second-order valence-electron chi connectivity index (χ2n) is 3.91. The molecule has 0 N–H and O–H groups in total. The van der Waals surface area contributed by atoms with Crippen molar-refractivity contribution in [3.05, 3.63) is 64.2 Å². The first-order chi connectivity index (χ1) is 9.08. The van der Waals surface area contributed by atoms with Gasteiger partial charge < -0.3 is 0 Å². The molecule has 0 spiro atoms. The van der Waals surface area contributed by atoms with Crippen LogP contribution < -0.4 is 0 Å². The minimum absolute atomic E-state index is 0.0670. The summed E-state index contributed by atoms with van der Waals surface area (Å²) in [5.41, 5.74) is 0.311. The number of hydrogen-bond donors (Lipinski definition) is 0. The van der Waals surface area contributed by atoms with Crippen molar-refractivity contribution in [2.24, 2.45) is 0 Å². The van der Waals surface area contributed by atoms with Gasteiger partial charge in [0.15, 0.2) is 5.78 Å². The highest BCUT2D eigenvalue weighted by atomic mass is 32.2. The average Bonchev–Trinajstić information content (AvgIpc) is 2.39. The van der Waals surface area contributed by atoms with Crippen molar-refractivity contribution in [1.82, 2.24) is 0 Å². The Balaban J connectivity index is 2.40. The molecule has 19 heavy (non-hydrogen) atoms. The average molecular weight is 273 g/mol. The third-order valence-corrected chi connectivity index (χ3v) is 3.61. The van der Waals surface area contributed by atoms with Crippen molar-refractivity contribution in [3.8, 4) is 0 Å². The van der Waals surface area contributed by atoms with Crippen molar-refractivity contribution in [1.29, 1.82) is 0 Å². The fourth-order valence-corrected chi connectivity index (χ4v) is 2.61. The van der Waals surface area contributed by atoms with Crippen LogP contribution in [0.2, 0.25) is 0 Å². The second kappa shape index (κ2) is 5.67. The maximum absolute atomic E-state index is 11.6. The van der Waals surface area contributed by atoms with Gasteiger partial charge in [-0.05, 0) is 25.1 Å². The van der Waals surface area contributed by atoms with Gasteiger partial charge >= 0.3 is 0 Å². The van der Waals surface area contributed by atoms with Crippen LogP contribution in [-0.4, -0.2) is 10.7 Å². The van der Waals surface area contributed by atoms with E-state index in [0.717, 1.165) is 9.79 Å². The van der Waals surface area contributed by atoms with Crippen molar-refractivity contribution in [2.75, 3.05) is 0 Å². The number of nitrogens with zero attached hydrogens (tertiary/aromatic N) is 1. The van der Waals surface area contributed by atoms with Crippen LogP contribution in [0.5, 0.6) is 0 Å². The van der Waals surface area contributed by atoms with Gasteiger partial charge in [0.25, 0.3) is 5.69 Å². The summed E-state index contributed by atoms with van der Waals surface area (Å²) in [6, 6.07) is 13.9. The van der Waals surface area contributed by atoms with E-state index in [4.69, 9.17) is 0 Å². The molecule has 0 saturated heterocycles. The molecule has 2 aromatic rings. The number of carbonyl (C=O) groups excluding carboxylic acids is 1. The normalized spacial score (nSPS) is 10.2. The maximum atomic E-state index is 11.6. The Morgan fingerprint density at radius 2 is 1.84 bits per heavy atom. The molecule has 0 aliphatic heterocycles. The van der Waals surface area contributed by atoms with Crippen LogP contribution in [0.1, 0.15) is 17.3 Å². The van der Waals surface area contributed by atoms with Crippen LogP contribution in [-0.2, 0) is 0 Å². The number of non-ortho nitro benzene ring substituents is 1. The summed E-state index contributed by atoms with van der Waals surface area (Å²) in [6.07, 6.45) is 0. The zero-order valence-electron chi connectivity index (χ0n) is 10.2. The first-order valence-corrected chi connectivity index (χ1v) is 6.42. The summed E-state index contributed by atoms with van der Waals surface area (Å²) in [5, 5.41) is 10.7. The lowest BCUT2D eigenvalue weighted by Gasteiger charge is -2.06. The summed E-state index contributed by atoms with van der Waals surface area (Å²) in [6.45, 7) is 1.41. The van der Waals surface area contributed by atoms with Crippen molar-refractivity contribution in [3.63, 3.8) is 0 Å². The van der Waals surface area contributed by atoms with Crippen molar-refractivity contribution < 1.29 is 9.72 Å². The molecule has 0 atom stereocenters. The maximum Gasteiger partial charge on any atom is 0.270 e. The van der Waals surface area contributed by atoms with E-state index < -0.39 is 4.92 Å². The Labute approximate surface area is 114 Å². The molecular weight excluding hydrogens is 262 g/mol. The quantitative estimate of drug-likeness (QED) is 0.481. The molecule has 0 bridgehead atoms. The van der Waals surface area contributed by atoms with Crippen molar-refractivity contribution >= 4 is 23.2 Å². The molecule has 0 amide bonds. The number of rotatable bonds is 4. The molecule has 4 nitrogen and oxygen atoms in total. The zero-order chi connectivity index (χ0) is 13.8. The van der Waals surface area contributed by atoms with Gasteiger partial charge in [-0.15, -0.1) is 0 Å². The molecule has 0 aromatic heterocycles. The van der Waals surface area contributed by atoms with E-state index in [2.05, 4.69) is 0 Å². The van der Waals surface area contributed by atoms with Gasteiger partial charge in [-0.1, -0.05) is 30.0 Å². The SMILES string of the molecule is CC(=O)c1cc([N+](=O)[O-])ccc1Sc1ccccc1. The highest BCUT2D eigenvalue weighted by Crippen LogP contribution is 2.32. The molecule has 0 aliphatic carbocycles. The molecule has 0 heterocycles. The Kier molecular flexibility index (Phi) is 3.97. The van der Waals surface area contributed by atoms with E-state index in [-0.39, 0.29) is 11.5 Å². The lowest BCUT2D eigenvalue weighted by molar-refractivity contribution is -0.384. The zero-order valence-corrected chi connectivity index (χ0v) is 11.0. The lowest BCUT2D eigenvalue weighted by Crippen LogP contribution is -1.97. The Morgan fingerprint density at radius 3 is 2.42 bits per heavy atom. The van der Waals surface area contributed by atoms with E-state index in [1.807, 2.05) is 30.3 Å². The Bertz CT molecular complexity index is 626. The summed E-state index contributed by atoms with van der Waals surface area (Å²) < 4.78 is 0. The number of hydrogen-bond acceptors (Lipinski definition) is 4. The summed E-state index contributed by atoms with van der Waals surface area (Å²) >= 11 is 1.42. The van der Waals surface area contributed by atoms with Gasteiger partial charge in [0.2, 0.25) is 0 Å². The summed E-state index contributed by atoms with van der Waals surface area (Å²) in [4.78, 5) is 23.5. The minimum atomic E-state index is -0.497. The smallest absolute Gasteiger partial charge is 0.270 e. The van der Waals surface area contributed by atoms with Gasteiger partial charge in [-0.2, -0.15) is 0 Å². The van der Waals surface area contributed by atoms with Gasteiger partial charge in [-0.3, -0.25) is 14.9 Å². The highest BCUT2D eigenvalue weighted by Gasteiger charge is 2.14. The number of ketones is 1. The van der Waals surface area contributed by atoms with Crippen LogP contribution >= 0.6 is 11.8 Å². The fraction of sp³-hybridized carbons (Fsp3) is 0.0714. The van der Waals surface area contributed by atoms with Crippen LogP contribution in [0, 0.1) is 10.1 Å².